The zero-order valence-corrected chi connectivity index (χ0v) is 11.2. The molecule has 18 heavy (non-hydrogen) atoms. The Balaban J connectivity index is 2.63. The molecule has 1 aromatic rings. The molecule has 0 saturated carbocycles. The van der Waals surface area contributed by atoms with Gasteiger partial charge in [0, 0.05) is 32.4 Å². The van der Waals surface area contributed by atoms with Crippen LogP contribution < -0.4 is 9.47 Å². The van der Waals surface area contributed by atoms with Gasteiger partial charge in [0.2, 0.25) is 0 Å². The van der Waals surface area contributed by atoms with Crippen molar-refractivity contribution in [2.24, 2.45) is 0 Å². The van der Waals surface area contributed by atoms with E-state index in [2.05, 4.69) is 0 Å². The van der Waals surface area contributed by atoms with Gasteiger partial charge in [0.15, 0.2) is 11.9 Å². The molecule has 4 nitrogen and oxygen atoms in total. The molecule has 0 aliphatic rings. The summed E-state index contributed by atoms with van der Waals surface area (Å²) in [5, 5.41) is 0. The van der Waals surface area contributed by atoms with Gasteiger partial charge < -0.3 is 14.4 Å². The lowest BCUT2D eigenvalue weighted by Gasteiger charge is -2.13. The van der Waals surface area contributed by atoms with Gasteiger partial charge in [0.05, 0.1) is 7.11 Å². The van der Waals surface area contributed by atoms with Crippen LogP contribution in [0.1, 0.15) is 6.92 Å². The molecule has 0 fully saturated rings. The van der Waals surface area contributed by atoms with Gasteiger partial charge in [-0.25, -0.2) is 0 Å². The van der Waals surface area contributed by atoms with Gasteiger partial charge >= 0.3 is 0 Å². The predicted octanol–water partition coefficient (Wildman–Crippen LogP) is 2.11. The maximum atomic E-state index is 11.7. The summed E-state index contributed by atoms with van der Waals surface area (Å²) in [5.41, 5.74) is 0. The number of rotatable bonds is 6. The Morgan fingerprint density at radius 1 is 1.33 bits per heavy atom. The van der Waals surface area contributed by atoms with Crippen LogP contribution in [0.3, 0.4) is 0 Å². The number of ketones is 1. The van der Waals surface area contributed by atoms with E-state index in [9.17, 15) is 4.79 Å². The number of benzene rings is 1. The minimum Gasteiger partial charge on any atom is -0.497 e. The van der Waals surface area contributed by atoms with E-state index in [4.69, 9.17) is 9.47 Å². The molecule has 0 aliphatic heterocycles. The van der Waals surface area contributed by atoms with Crippen molar-refractivity contribution < 1.29 is 14.3 Å². The van der Waals surface area contributed by atoms with Crippen LogP contribution in [0.4, 0.5) is 0 Å². The van der Waals surface area contributed by atoms with E-state index >= 15 is 0 Å². The average Bonchev–Trinajstić information content (AvgIpc) is 2.36. The van der Waals surface area contributed by atoms with Gasteiger partial charge in [0.25, 0.3) is 0 Å². The number of ether oxygens (including phenoxy) is 2. The van der Waals surface area contributed by atoms with Crippen molar-refractivity contribution in [2.75, 3.05) is 21.2 Å². The van der Waals surface area contributed by atoms with Gasteiger partial charge in [-0.3, -0.25) is 4.79 Å². The van der Waals surface area contributed by atoms with Crippen LogP contribution in [0, 0.1) is 0 Å². The Kier molecular flexibility index (Phi) is 5.24. The number of methoxy groups -OCH3 is 1. The SMILES string of the molecule is COc1cccc(OC(C)C(=O)/C=C/N(C)C)c1. The van der Waals surface area contributed by atoms with E-state index in [0.717, 1.165) is 0 Å². The Hall–Kier alpha value is -1.97. The first-order chi connectivity index (χ1) is 8.52. The summed E-state index contributed by atoms with van der Waals surface area (Å²) < 4.78 is 10.6. The lowest BCUT2D eigenvalue weighted by atomic mass is 10.2. The summed E-state index contributed by atoms with van der Waals surface area (Å²) in [6.45, 7) is 1.72. The maximum absolute atomic E-state index is 11.7. The smallest absolute Gasteiger partial charge is 0.197 e. The van der Waals surface area contributed by atoms with Crippen LogP contribution in [0.5, 0.6) is 11.5 Å². The fourth-order valence-corrected chi connectivity index (χ4v) is 1.29. The molecule has 0 aliphatic carbocycles. The summed E-state index contributed by atoms with van der Waals surface area (Å²) in [7, 11) is 5.31. The zero-order valence-electron chi connectivity index (χ0n) is 11.2. The highest BCUT2D eigenvalue weighted by molar-refractivity contribution is 5.93. The first-order valence-corrected chi connectivity index (χ1v) is 5.72. The highest BCUT2D eigenvalue weighted by atomic mass is 16.5. The lowest BCUT2D eigenvalue weighted by Crippen LogP contribution is -2.22. The van der Waals surface area contributed by atoms with E-state index in [-0.39, 0.29) is 5.78 Å². The van der Waals surface area contributed by atoms with E-state index in [1.165, 1.54) is 6.08 Å². The molecule has 0 heterocycles. The third-order valence-corrected chi connectivity index (χ3v) is 2.29. The van der Waals surface area contributed by atoms with E-state index in [0.29, 0.717) is 11.5 Å². The van der Waals surface area contributed by atoms with Crippen molar-refractivity contribution >= 4 is 5.78 Å². The highest BCUT2D eigenvalue weighted by Crippen LogP contribution is 2.20. The van der Waals surface area contributed by atoms with Crippen LogP contribution in [0.2, 0.25) is 0 Å². The minimum absolute atomic E-state index is 0.0773. The second-order valence-electron chi connectivity index (χ2n) is 4.12. The summed E-state index contributed by atoms with van der Waals surface area (Å²) >= 11 is 0. The first-order valence-electron chi connectivity index (χ1n) is 5.72. The molecule has 0 N–H and O–H groups in total. The van der Waals surface area contributed by atoms with Gasteiger partial charge in [-0.05, 0) is 19.1 Å². The normalized spacial score (nSPS) is 12.2. The fourth-order valence-electron chi connectivity index (χ4n) is 1.29. The zero-order chi connectivity index (χ0) is 13.5. The second-order valence-corrected chi connectivity index (χ2v) is 4.12. The number of hydrogen-bond donors (Lipinski definition) is 0. The first kappa shape index (κ1) is 14.1. The molecule has 98 valence electrons. The van der Waals surface area contributed by atoms with Crippen molar-refractivity contribution in [2.45, 2.75) is 13.0 Å². The fraction of sp³-hybridized carbons (Fsp3) is 0.357. The van der Waals surface area contributed by atoms with Crippen LogP contribution in [0.25, 0.3) is 0 Å². The topological polar surface area (TPSA) is 38.8 Å². The van der Waals surface area contributed by atoms with Crippen molar-refractivity contribution in [3.8, 4) is 11.5 Å². The van der Waals surface area contributed by atoms with Crippen molar-refractivity contribution in [1.82, 2.24) is 4.90 Å². The van der Waals surface area contributed by atoms with E-state index < -0.39 is 6.10 Å². The summed E-state index contributed by atoms with van der Waals surface area (Å²) in [4.78, 5) is 13.5. The average molecular weight is 249 g/mol. The molecule has 0 radical (unpaired) electrons. The summed E-state index contributed by atoms with van der Waals surface area (Å²) in [6, 6.07) is 7.19. The molecule has 1 rings (SSSR count). The lowest BCUT2D eigenvalue weighted by molar-refractivity contribution is -0.120. The van der Waals surface area contributed by atoms with Gasteiger partial charge in [-0.1, -0.05) is 6.07 Å². The molecule has 4 heteroatoms. The number of nitrogens with zero attached hydrogens (tertiary/aromatic N) is 1. The molecule has 1 aromatic carbocycles. The predicted molar refractivity (Wildman–Crippen MR) is 70.9 cm³/mol. The summed E-state index contributed by atoms with van der Waals surface area (Å²) in [5.74, 6) is 1.25. The standard InChI is InChI=1S/C14H19NO3/c1-11(14(16)8-9-15(2)3)18-13-7-5-6-12(10-13)17-4/h5-11H,1-4H3/b9-8+. The van der Waals surface area contributed by atoms with Crippen LogP contribution in [-0.4, -0.2) is 38.0 Å². The molecule has 0 amide bonds. The van der Waals surface area contributed by atoms with Gasteiger partial charge in [-0.2, -0.15) is 0 Å². The molecular weight excluding hydrogens is 230 g/mol. The Labute approximate surface area is 108 Å². The second kappa shape index (κ2) is 6.69. The number of carbonyl (C=O) groups is 1. The Bertz CT molecular complexity index is 427. The van der Waals surface area contributed by atoms with Crippen LogP contribution in [0.15, 0.2) is 36.5 Å². The molecule has 0 spiro atoms. The van der Waals surface area contributed by atoms with Gasteiger partial charge in [0.1, 0.15) is 11.5 Å². The molecule has 1 unspecified atom stereocenters. The van der Waals surface area contributed by atoms with Gasteiger partial charge in [-0.15, -0.1) is 0 Å². The van der Waals surface area contributed by atoms with E-state index in [1.807, 2.05) is 26.2 Å². The monoisotopic (exact) mass is 249 g/mol. The quantitative estimate of drug-likeness (QED) is 0.724. The molecule has 1 atom stereocenters. The van der Waals surface area contributed by atoms with Crippen LogP contribution >= 0.6 is 0 Å². The molecule has 0 aromatic heterocycles. The van der Waals surface area contributed by atoms with E-state index in [1.54, 1.807) is 37.3 Å². The molecule has 0 bridgehead atoms. The third kappa shape index (κ3) is 4.49. The van der Waals surface area contributed by atoms with Crippen molar-refractivity contribution in [1.29, 1.82) is 0 Å². The van der Waals surface area contributed by atoms with Crippen molar-refractivity contribution in [3.63, 3.8) is 0 Å². The Morgan fingerprint density at radius 2 is 2.00 bits per heavy atom. The maximum Gasteiger partial charge on any atom is 0.197 e. The van der Waals surface area contributed by atoms with Crippen molar-refractivity contribution in [3.05, 3.63) is 36.5 Å². The summed E-state index contributed by atoms with van der Waals surface area (Å²) in [6.07, 6.45) is 2.69. The molecular formula is C14H19NO3. The van der Waals surface area contributed by atoms with Crippen LogP contribution in [-0.2, 0) is 4.79 Å². The Morgan fingerprint density at radius 3 is 2.61 bits per heavy atom. The number of carbonyl (C=O) groups excluding carboxylic acids is 1. The highest BCUT2D eigenvalue weighted by Gasteiger charge is 2.11. The number of hydrogen-bond acceptors (Lipinski definition) is 4. The third-order valence-electron chi connectivity index (χ3n) is 2.29. The molecule has 0 saturated heterocycles. The minimum atomic E-state index is -0.520. The largest absolute Gasteiger partial charge is 0.497 e.